The van der Waals surface area contributed by atoms with Crippen LogP contribution >= 0.6 is 0 Å². The molecule has 0 aliphatic carbocycles. The lowest BCUT2D eigenvalue weighted by Gasteiger charge is -2.09. The number of carbonyl (C=O) groups is 1. The molecule has 4 heteroatoms. The van der Waals surface area contributed by atoms with Gasteiger partial charge in [-0.05, 0) is 18.9 Å². The van der Waals surface area contributed by atoms with Crippen molar-refractivity contribution in [2.45, 2.75) is 26.1 Å². The van der Waals surface area contributed by atoms with Gasteiger partial charge in [0, 0.05) is 6.08 Å². The smallest absolute Gasteiger partial charge is 0.330 e. The Bertz CT molecular complexity index is 386. The molecule has 1 atom stereocenters. The van der Waals surface area contributed by atoms with E-state index in [0.717, 1.165) is 5.56 Å². The lowest BCUT2D eigenvalue weighted by Crippen LogP contribution is -2.14. The zero-order valence-electron chi connectivity index (χ0n) is 11.1. The third-order valence-corrected chi connectivity index (χ3v) is 2.37. The van der Waals surface area contributed by atoms with Gasteiger partial charge in [0.05, 0.1) is 25.9 Å². The van der Waals surface area contributed by atoms with E-state index < -0.39 is 6.10 Å². The van der Waals surface area contributed by atoms with Gasteiger partial charge in [0.25, 0.3) is 0 Å². The molecule has 19 heavy (non-hydrogen) atoms. The van der Waals surface area contributed by atoms with Gasteiger partial charge in [0.2, 0.25) is 0 Å². The lowest BCUT2D eigenvalue weighted by molar-refractivity contribution is -0.137. The molecular formula is C15H20O4. The van der Waals surface area contributed by atoms with Crippen molar-refractivity contribution in [3.63, 3.8) is 0 Å². The van der Waals surface area contributed by atoms with Crippen molar-refractivity contribution in [3.8, 4) is 0 Å². The Morgan fingerprint density at radius 3 is 2.79 bits per heavy atom. The van der Waals surface area contributed by atoms with E-state index in [1.165, 1.54) is 6.08 Å². The van der Waals surface area contributed by atoms with Crippen LogP contribution in [0.3, 0.4) is 0 Å². The molecule has 0 bridgehead atoms. The average Bonchev–Trinajstić information content (AvgIpc) is 2.40. The third-order valence-electron chi connectivity index (χ3n) is 2.37. The second-order valence-electron chi connectivity index (χ2n) is 4.04. The molecule has 0 amide bonds. The van der Waals surface area contributed by atoms with Gasteiger partial charge in [-0.25, -0.2) is 4.79 Å². The van der Waals surface area contributed by atoms with E-state index in [1.54, 1.807) is 13.0 Å². The first-order chi connectivity index (χ1) is 9.22. The zero-order valence-corrected chi connectivity index (χ0v) is 11.1. The molecule has 0 spiro atoms. The third kappa shape index (κ3) is 7.39. The van der Waals surface area contributed by atoms with Crippen LogP contribution in [0.25, 0.3) is 0 Å². The van der Waals surface area contributed by atoms with Crippen LogP contribution in [0, 0.1) is 0 Å². The van der Waals surface area contributed by atoms with Crippen molar-refractivity contribution in [1.82, 2.24) is 0 Å². The Morgan fingerprint density at radius 2 is 2.11 bits per heavy atom. The first-order valence-electron chi connectivity index (χ1n) is 6.35. The minimum Gasteiger partial charge on any atom is -0.463 e. The molecule has 0 saturated carbocycles. The van der Waals surface area contributed by atoms with Crippen LogP contribution in [0.4, 0.5) is 0 Å². The fourth-order valence-corrected chi connectivity index (χ4v) is 1.47. The van der Waals surface area contributed by atoms with Crippen molar-refractivity contribution < 1.29 is 19.4 Å². The number of aliphatic hydroxyl groups is 1. The Hall–Kier alpha value is -1.65. The summed E-state index contributed by atoms with van der Waals surface area (Å²) in [7, 11) is 0. The van der Waals surface area contributed by atoms with Crippen molar-refractivity contribution >= 4 is 5.97 Å². The minimum absolute atomic E-state index is 0.238. The highest BCUT2D eigenvalue weighted by atomic mass is 16.5. The average molecular weight is 264 g/mol. The van der Waals surface area contributed by atoms with E-state index in [9.17, 15) is 9.90 Å². The van der Waals surface area contributed by atoms with E-state index >= 15 is 0 Å². The lowest BCUT2D eigenvalue weighted by atomic mass is 10.2. The number of rotatable bonds is 8. The molecule has 4 nitrogen and oxygen atoms in total. The molecule has 1 aromatic carbocycles. The van der Waals surface area contributed by atoms with E-state index in [1.807, 2.05) is 30.3 Å². The highest BCUT2D eigenvalue weighted by Crippen LogP contribution is 2.02. The van der Waals surface area contributed by atoms with Gasteiger partial charge in [-0.15, -0.1) is 0 Å². The Morgan fingerprint density at radius 1 is 1.37 bits per heavy atom. The second kappa shape index (κ2) is 9.30. The second-order valence-corrected chi connectivity index (χ2v) is 4.04. The van der Waals surface area contributed by atoms with E-state index in [4.69, 9.17) is 9.47 Å². The van der Waals surface area contributed by atoms with Gasteiger partial charge in [0.1, 0.15) is 0 Å². The first kappa shape index (κ1) is 15.4. The fourth-order valence-electron chi connectivity index (χ4n) is 1.47. The number of hydrogen-bond acceptors (Lipinski definition) is 4. The van der Waals surface area contributed by atoms with Crippen LogP contribution in [0.15, 0.2) is 42.5 Å². The van der Waals surface area contributed by atoms with Gasteiger partial charge in [-0.1, -0.05) is 36.4 Å². The van der Waals surface area contributed by atoms with Crippen LogP contribution in [0.2, 0.25) is 0 Å². The van der Waals surface area contributed by atoms with Crippen molar-refractivity contribution in [3.05, 3.63) is 48.0 Å². The number of aliphatic hydroxyl groups excluding tert-OH is 1. The van der Waals surface area contributed by atoms with E-state index in [0.29, 0.717) is 19.6 Å². The Balaban J connectivity index is 2.14. The summed E-state index contributed by atoms with van der Waals surface area (Å²) in [4.78, 5) is 11.0. The fraction of sp³-hybridized carbons (Fsp3) is 0.400. The summed E-state index contributed by atoms with van der Waals surface area (Å²) in [5.41, 5.74) is 1.07. The van der Waals surface area contributed by atoms with E-state index in [-0.39, 0.29) is 12.6 Å². The highest BCUT2D eigenvalue weighted by Gasteiger charge is 2.02. The monoisotopic (exact) mass is 264 g/mol. The summed E-state index contributed by atoms with van der Waals surface area (Å²) in [5.74, 6) is -0.389. The maximum absolute atomic E-state index is 11.0. The van der Waals surface area contributed by atoms with Crippen LogP contribution < -0.4 is 0 Å². The molecule has 0 heterocycles. The summed E-state index contributed by atoms with van der Waals surface area (Å²) in [6, 6.07) is 9.76. The molecule has 0 fully saturated rings. The van der Waals surface area contributed by atoms with Crippen LogP contribution in [-0.4, -0.2) is 30.4 Å². The SMILES string of the molecule is CCOC(=O)/C=C\CC(O)COCc1ccccc1. The Labute approximate surface area is 113 Å². The molecule has 1 N–H and O–H groups in total. The standard InChI is InChI=1S/C15H20O4/c1-2-19-15(17)10-6-9-14(16)12-18-11-13-7-4-3-5-8-13/h3-8,10,14,16H,2,9,11-12H2,1H3/b10-6-. The molecule has 104 valence electrons. The first-order valence-corrected chi connectivity index (χ1v) is 6.35. The van der Waals surface area contributed by atoms with E-state index in [2.05, 4.69) is 0 Å². The quantitative estimate of drug-likeness (QED) is 0.577. The Kier molecular flexibility index (Phi) is 7.54. The molecule has 1 unspecified atom stereocenters. The molecular weight excluding hydrogens is 244 g/mol. The summed E-state index contributed by atoms with van der Waals surface area (Å²) in [6.45, 7) is 2.81. The van der Waals surface area contributed by atoms with Crippen LogP contribution in [0.5, 0.6) is 0 Å². The molecule has 0 aliphatic heterocycles. The van der Waals surface area contributed by atoms with Crippen LogP contribution in [0.1, 0.15) is 18.9 Å². The van der Waals surface area contributed by atoms with Gasteiger partial charge in [-0.3, -0.25) is 0 Å². The summed E-state index contributed by atoms with van der Waals surface area (Å²) in [6.07, 6.45) is 2.67. The molecule has 0 aliphatic rings. The minimum atomic E-state index is -0.616. The number of carbonyl (C=O) groups excluding carboxylic acids is 1. The number of hydrogen-bond donors (Lipinski definition) is 1. The number of ether oxygens (including phenoxy) is 2. The van der Waals surface area contributed by atoms with Crippen molar-refractivity contribution in [2.24, 2.45) is 0 Å². The zero-order chi connectivity index (χ0) is 13.9. The topological polar surface area (TPSA) is 55.8 Å². The molecule has 1 rings (SSSR count). The summed E-state index contributed by atoms with van der Waals surface area (Å²) >= 11 is 0. The van der Waals surface area contributed by atoms with Crippen LogP contribution in [-0.2, 0) is 20.9 Å². The van der Waals surface area contributed by atoms with Crippen molar-refractivity contribution in [2.75, 3.05) is 13.2 Å². The maximum Gasteiger partial charge on any atom is 0.330 e. The number of esters is 1. The number of benzene rings is 1. The largest absolute Gasteiger partial charge is 0.463 e. The normalized spacial score (nSPS) is 12.5. The highest BCUT2D eigenvalue weighted by molar-refractivity contribution is 5.81. The molecule has 0 saturated heterocycles. The maximum atomic E-state index is 11.0. The van der Waals surface area contributed by atoms with Gasteiger partial charge in [-0.2, -0.15) is 0 Å². The predicted molar refractivity (Wildman–Crippen MR) is 72.5 cm³/mol. The summed E-state index contributed by atoms with van der Waals surface area (Å²) < 4.78 is 10.1. The van der Waals surface area contributed by atoms with Gasteiger partial charge >= 0.3 is 5.97 Å². The predicted octanol–water partition coefficient (Wildman–Crippen LogP) is 2.07. The molecule has 0 radical (unpaired) electrons. The molecule has 0 aromatic heterocycles. The summed E-state index contributed by atoms with van der Waals surface area (Å²) in [5, 5.41) is 9.64. The van der Waals surface area contributed by atoms with Crippen molar-refractivity contribution in [1.29, 1.82) is 0 Å². The van der Waals surface area contributed by atoms with Gasteiger partial charge < -0.3 is 14.6 Å². The molecule has 1 aromatic rings. The van der Waals surface area contributed by atoms with Gasteiger partial charge in [0.15, 0.2) is 0 Å².